The van der Waals surface area contributed by atoms with Crippen molar-refractivity contribution in [2.24, 2.45) is 0 Å². The summed E-state index contributed by atoms with van der Waals surface area (Å²) >= 11 is 13.5. The summed E-state index contributed by atoms with van der Waals surface area (Å²) in [5.41, 5.74) is 1.71. The van der Waals surface area contributed by atoms with E-state index in [1.165, 1.54) is 23.9 Å². The number of rotatable bonds is 5. The number of hydrogen-bond donors (Lipinski definition) is 2. The van der Waals surface area contributed by atoms with Gasteiger partial charge in [-0.25, -0.2) is 9.78 Å². The quantitative estimate of drug-likeness (QED) is 0.512. The topological polar surface area (TPSA) is 71.1 Å². The number of carbonyl (C=O) groups is 2. The molecular formula is C20H15Cl2N3O2S. The number of amides is 3. The third-order valence-electron chi connectivity index (χ3n) is 3.64. The van der Waals surface area contributed by atoms with Gasteiger partial charge in [-0.15, -0.1) is 11.8 Å². The molecule has 3 amide bonds. The molecule has 0 atom stereocenters. The summed E-state index contributed by atoms with van der Waals surface area (Å²) in [4.78, 5) is 28.6. The first kappa shape index (κ1) is 20.2. The number of halogens is 2. The predicted molar refractivity (Wildman–Crippen MR) is 113 cm³/mol. The number of thioether (sulfide) groups is 1. The standard InChI is InChI=1S/C20H15Cl2N3O2S/c21-15-7-4-8-16(22)18(15)19(26)25-20(27)24-14-9-10-17(23-11-14)28-12-13-5-2-1-3-6-13/h1-11H,12H2,(H2,24,25,26,27). The van der Waals surface area contributed by atoms with Crippen LogP contribution in [-0.2, 0) is 5.75 Å². The normalized spacial score (nSPS) is 10.4. The van der Waals surface area contributed by atoms with E-state index in [1.54, 1.807) is 30.0 Å². The van der Waals surface area contributed by atoms with Crippen molar-refractivity contribution in [3.8, 4) is 0 Å². The lowest BCUT2D eigenvalue weighted by Gasteiger charge is -2.09. The van der Waals surface area contributed by atoms with Gasteiger partial charge in [-0.1, -0.05) is 59.6 Å². The number of benzene rings is 2. The van der Waals surface area contributed by atoms with Crippen molar-refractivity contribution in [1.29, 1.82) is 0 Å². The van der Waals surface area contributed by atoms with Gasteiger partial charge < -0.3 is 5.32 Å². The average Bonchev–Trinajstić information content (AvgIpc) is 2.68. The van der Waals surface area contributed by atoms with Crippen LogP contribution in [0.3, 0.4) is 0 Å². The maximum atomic E-state index is 12.2. The zero-order valence-electron chi connectivity index (χ0n) is 14.5. The Hall–Kier alpha value is -2.54. The molecule has 2 aromatic carbocycles. The van der Waals surface area contributed by atoms with E-state index in [0.717, 1.165) is 10.8 Å². The summed E-state index contributed by atoms with van der Waals surface area (Å²) in [6.07, 6.45) is 1.53. The van der Waals surface area contributed by atoms with Gasteiger partial charge in [0.2, 0.25) is 0 Å². The Labute approximate surface area is 176 Å². The summed E-state index contributed by atoms with van der Waals surface area (Å²) < 4.78 is 0. The number of pyridine rings is 1. The fourth-order valence-electron chi connectivity index (χ4n) is 2.31. The average molecular weight is 432 g/mol. The molecule has 0 radical (unpaired) electrons. The molecule has 0 spiro atoms. The molecule has 0 fully saturated rings. The SMILES string of the molecule is O=C(NC(=O)c1c(Cl)cccc1Cl)Nc1ccc(SCc2ccccc2)nc1. The Morgan fingerprint density at radius 3 is 2.29 bits per heavy atom. The van der Waals surface area contributed by atoms with Gasteiger partial charge in [0.25, 0.3) is 5.91 Å². The smallest absolute Gasteiger partial charge is 0.306 e. The summed E-state index contributed by atoms with van der Waals surface area (Å²) in [5, 5.41) is 5.91. The minimum Gasteiger partial charge on any atom is -0.306 e. The molecule has 0 aliphatic rings. The largest absolute Gasteiger partial charge is 0.326 e. The van der Waals surface area contributed by atoms with Crippen molar-refractivity contribution in [2.75, 3.05) is 5.32 Å². The van der Waals surface area contributed by atoms with E-state index in [1.807, 2.05) is 18.2 Å². The number of aromatic nitrogens is 1. The number of nitrogens with zero attached hydrogens (tertiary/aromatic N) is 1. The third-order valence-corrected chi connectivity index (χ3v) is 5.29. The first-order valence-corrected chi connectivity index (χ1v) is 9.96. The molecule has 0 aliphatic heterocycles. The van der Waals surface area contributed by atoms with Crippen LogP contribution in [-0.4, -0.2) is 16.9 Å². The summed E-state index contributed by atoms with van der Waals surface area (Å²) in [7, 11) is 0. The van der Waals surface area contributed by atoms with E-state index >= 15 is 0 Å². The van der Waals surface area contributed by atoms with E-state index in [-0.39, 0.29) is 15.6 Å². The lowest BCUT2D eigenvalue weighted by Crippen LogP contribution is -2.34. The van der Waals surface area contributed by atoms with Crippen LogP contribution in [0.25, 0.3) is 0 Å². The molecule has 2 N–H and O–H groups in total. The Kier molecular flexibility index (Phi) is 6.92. The van der Waals surface area contributed by atoms with Crippen LogP contribution in [0.4, 0.5) is 10.5 Å². The van der Waals surface area contributed by atoms with Gasteiger partial charge in [0.05, 0.1) is 32.5 Å². The highest BCUT2D eigenvalue weighted by molar-refractivity contribution is 7.98. The second-order valence-corrected chi connectivity index (χ2v) is 7.47. The van der Waals surface area contributed by atoms with Crippen molar-refractivity contribution in [3.63, 3.8) is 0 Å². The highest BCUT2D eigenvalue weighted by Gasteiger charge is 2.17. The van der Waals surface area contributed by atoms with Crippen molar-refractivity contribution in [3.05, 3.63) is 88.0 Å². The zero-order chi connectivity index (χ0) is 19.9. The van der Waals surface area contributed by atoms with Crippen molar-refractivity contribution < 1.29 is 9.59 Å². The third kappa shape index (κ3) is 5.48. The highest BCUT2D eigenvalue weighted by Crippen LogP contribution is 2.24. The molecule has 0 saturated heterocycles. The maximum absolute atomic E-state index is 12.2. The number of urea groups is 1. The first-order chi connectivity index (χ1) is 13.5. The molecule has 0 unspecified atom stereocenters. The van der Waals surface area contributed by atoms with Crippen LogP contribution in [0.2, 0.25) is 10.0 Å². The second-order valence-electron chi connectivity index (χ2n) is 5.66. The van der Waals surface area contributed by atoms with Gasteiger partial charge in [0, 0.05) is 5.75 Å². The maximum Gasteiger partial charge on any atom is 0.326 e. The highest BCUT2D eigenvalue weighted by atomic mass is 35.5. The lowest BCUT2D eigenvalue weighted by molar-refractivity contribution is 0.0967. The van der Waals surface area contributed by atoms with Crippen LogP contribution >= 0.6 is 35.0 Å². The molecule has 142 valence electrons. The van der Waals surface area contributed by atoms with Crippen molar-refractivity contribution in [2.45, 2.75) is 10.8 Å². The fourth-order valence-corrected chi connectivity index (χ4v) is 3.68. The van der Waals surface area contributed by atoms with Gasteiger partial charge in [0.15, 0.2) is 0 Å². The van der Waals surface area contributed by atoms with Gasteiger partial charge in [-0.05, 0) is 29.8 Å². The molecular weight excluding hydrogens is 417 g/mol. The number of nitrogens with one attached hydrogen (secondary N) is 2. The second kappa shape index (κ2) is 9.59. The van der Waals surface area contributed by atoms with Crippen LogP contribution in [0.15, 0.2) is 71.9 Å². The summed E-state index contributed by atoms with van der Waals surface area (Å²) in [6.45, 7) is 0. The molecule has 1 heterocycles. The first-order valence-electron chi connectivity index (χ1n) is 8.22. The molecule has 3 rings (SSSR count). The number of anilines is 1. The summed E-state index contributed by atoms with van der Waals surface area (Å²) in [5.74, 6) is 0.116. The van der Waals surface area contributed by atoms with E-state index in [0.29, 0.717) is 5.69 Å². The Bertz CT molecular complexity index is 962. The predicted octanol–water partition coefficient (Wildman–Crippen LogP) is 5.64. The molecule has 28 heavy (non-hydrogen) atoms. The van der Waals surface area contributed by atoms with Gasteiger partial charge in [-0.2, -0.15) is 0 Å². The van der Waals surface area contributed by atoms with Crippen molar-refractivity contribution in [1.82, 2.24) is 10.3 Å². The van der Waals surface area contributed by atoms with Gasteiger partial charge in [0.1, 0.15) is 0 Å². The fraction of sp³-hybridized carbons (Fsp3) is 0.0500. The monoisotopic (exact) mass is 431 g/mol. The number of hydrogen-bond acceptors (Lipinski definition) is 4. The van der Waals surface area contributed by atoms with E-state index in [2.05, 4.69) is 27.8 Å². The van der Waals surface area contributed by atoms with Gasteiger partial charge >= 0.3 is 6.03 Å². The number of imide groups is 1. The molecule has 3 aromatic rings. The van der Waals surface area contributed by atoms with E-state index in [4.69, 9.17) is 23.2 Å². The molecule has 5 nitrogen and oxygen atoms in total. The van der Waals surface area contributed by atoms with Crippen LogP contribution in [0.1, 0.15) is 15.9 Å². The van der Waals surface area contributed by atoms with E-state index < -0.39 is 11.9 Å². The number of carbonyl (C=O) groups excluding carboxylic acids is 2. The lowest BCUT2D eigenvalue weighted by atomic mass is 10.2. The van der Waals surface area contributed by atoms with Crippen LogP contribution < -0.4 is 10.6 Å². The Morgan fingerprint density at radius 2 is 1.64 bits per heavy atom. The van der Waals surface area contributed by atoms with E-state index in [9.17, 15) is 9.59 Å². The zero-order valence-corrected chi connectivity index (χ0v) is 16.8. The minimum atomic E-state index is -0.701. The minimum absolute atomic E-state index is 0.0479. The van der Waals surface area contributed by atoms with Crippen molar-refractivity contribution >= 4 is 52.6 Å². The van der Waals surface area contributed by atoms with Crippen LogP contribution in [0.5, 0.6) is 0 Å². The molecule has 0 bridgehead atoms. The Morgan fingerprint density at radius 1 is 0.929 bits per heavy atom. The molecule has 0 aliphatic carbocycles. The van der Waals surface area contributed by atoms with Gasteiger partial charge in [-0.3, -0.25) is 10.1 Å². The molecule has 0 saturated carbocycles. The molecule has 8 heteroatoms. The Balaban J connectivity index is 1.55. The molecule has 1 aromatic heterocycles. The summed E-state index contributed by atoms with van der Waals surface area (Å²) in [6, 6.07) is 17.5. The van der Waals surface area contributed by atoms with Crippen LogP contribution in [0, 0.1) is 0 Å².